The monoisotopic (exact) mass is 301 g/mol. The summed E-state index contributed by atoms with van der Waals surface area (Å²) in [5.74, 6) is 1.56. The first-order valence-electron chi connectivity index (χ1n) is 7.91. The lowest BCUT2D eigenvalue weighted by atomic mass is 9.98. The maximum absolute atomic E-state index is 6.01. The van der Waals surface area contributed by atoms with Crippen LogP contribution >= 0.6 is 0 Å². The zero-order valence-electron chi connectivity index (χ0n) is 13.3. The molecule has 22 heavy (non-hydrogen) atoms. The van der Waals surface area contributed by atoms with Gasteiger partial charge in [-0.05, 0) is 44.9 Å². The molecule has 0 N–H and O–H groups in total. The van der Waals surface area contributed by atoms with Gasteiger partial charge in [-0.1, -0.05) is 28.5 Å². The summed E-state index contributed by atoms with van der Waals surface area (Å²) in [4.78, 5) is 2.42. The molecule has 5 heteroatoms. The Morgan fingerprint density at radius 1 is 1.27 bits per heavy atom. The van der Waals surface area contributed by atoms with Crippen molar-refractivity contribution in [3.8, 4) is 5.75 Å². The molecule has 2 aromatic rings. The van der Waals surface area contributed by atoms with Gasteiger partial charge in [0.15, 0.2) is 0 Å². The molecule has 2 heterocycles. The molecule has 1 aromatic carbocycles. The Morgan fingerprint density at radius 3 is 2.91 bits per heavy atom. The van der Waals surface area contributed by atoms with E-state index in [-0.39, 0.29) is 0 Å². The number of rotatable bonds is 5. The largest absolute Gasteiger partial charge is 0.493 e. The van der Waals surface area contributed by atoms with E-state index >= 15 is 0 Å². The number of aromatic nitrogens is 2. The van der Waals surface area contributed by atoms with Crippen LogP contribution in [0.4, 0.5) is 0 Å². The maximum atomic E-state index is 6.01. The maximum Gasteiger partial charge on any atom is 0.122 e. The fourth-order valence-electron chi connectivity index (χ4n) is 2.96. The number of piperidine rings is 1. The topological polar surface area (TPSA) is 51.4 Å². The molecular weight excluding hydrogens is 278 g/mol. The van der Waals surface area contributed by atoms with Crippen molar-refractivity contribution in [3.05, 3.63) is 41.2 Å². The van der Waals surface area contributed by atoms with Crippen molar-refractivity contribution in [1.82, 2.24) is 15.2 Å². The first kappa shape index (κ1) is 15.0. The van der Waals surface area contributed by atoms with Gasteiger partial charge in [-0.2, -0.15) is 0 Å². The number of hydrogen-bond donors (Lipinski definition) is 0. The Labute approximate surface area is 131 Å². The second-order valence-electron chi connectivity index (χ2n) is 6.12. The van der Waals surface area contributed by atoms with Gasteiger partial charge in [0, 0.05) is 19.0 Å². The highest BCUT2D eigenvalue weighted by atomic mass is 16.6. The molecule has 0 radical (unpaired) electrons. The standard InChI is InChI=1S/C17H23N3O2/c1-13-6-3-4-8-17(13)21-12-15-7-5-9-20(10-15)11-16-14(2)18-22-19-16/h3-4,6,8,15H,5,7,9-12H2,1-2H3/t15-/m1/s1. The lowest BCUT2D eigenvalue weighted by molar-refractivity contribution is 0.122. The molecule has 0 bridgehead atoms. The average molecular weight is 301 g/mol. The van der Waals surface area contributed by atoms with Crippen LogP contribution in [-0.2, 0) is 6.54 Å². The Hall–Kier alpha value is -1.88. The third-order valence-corrected chi connectivity index (χ3v) is 4.29. The van der Waals surface area contributed by atoms with E-state index in [0.29, 0.717) is 5.92 Å². The Morgan fingerprint density at radius 2 is 2.14 bits per heavy atom. The minimum atomic E-state index is 0.563. The summed E-state index contributed by atoms with van der Waals surface area (Å²) in [5, 5.41) is 7.83. The highest BCUT2D eigenvalue weighted by Gasteiger charge is 2.22. The van der Waals surface area contributed by atoms with Gasteiger partial charge >= 0.3 is 0 Å². The van der Waals surface area contributed by atoms with Crippen LogP contribution in [0.3, 0.4) is 0 Å². The third kappa shape index (κ3) is 3.65. The van der Waals surface area contributed by atoms with E-state index in [1.165, 1.54) is 18.4 Å². The minimum absolute atomic E-state index is 0.563. The van der Waals surface area contributed by atoms with Crippen molar-refractivity contribution < 1.29 is 9.37 Å². The summed E-state index contributed by atoms with van der Waals surface area (Å²) in [6, 6.07) is 8.19. The quantitative estimate of drug-likeness (QED) is 0.850. The lowest BCUT2D eigenvalue weighted by Crippen LogP contribution is -2.37. The molecule has 1 atom stereocenters. The number of hydrogen-bond acceptors (Lipinski definition) is 5. The van der Waals surface area contributed by atoms with Gasteiger partial charge in [-0.3, -0.25) is 4.90 Å². The van der Waals surface area contributed by atoms with Crippen LogP contribution in [0, 0.1) is 19.8 Å². The second-order valence-corrected chi connectivity index (χ2v) is 6.12. The number of ether oxygens (including phenoxy) is 1. The first-order valence-corrected chi connectivity index (χ1v) is 7.91. The van der Waals surface area contributed by atoms with Crippen LogP contribution in [0.15, 0.2) is 28.9 Å². The summed E-state index contributed by atoms with van der Waals surface area (Å²) in [5.41, 5.74) is 3.03. The van der Waals surface area contributed by atoms with E-state index in [1.807, 2.05) is 25.1 Å². The number of para-hydroxylation sites is 1. The highest BCUT2D eigenvalue weighted by Crippen LogP contribution is 2.22. The second kappa shape index (κ2) is 6.92. The molecule has 1 aliphatic heterocycles. The Kier molecular flexibility index (Phi) is 4.73. The first-order chi connectivity index (χ1) is 10.7. The summed E-state index contributed by atoms with van der Waals surface area (Å²) in [6.07, 6.45) is 2.42. The fourth-order valence-corrected chi connectivity index (χ4v) is 2.96. The van der Waals surface area contributed by atoms with Crippen molar-refractivity contribution in [2.24, 2.45) is 5.92 Å². The van der Waals surface area contributed by atoms with Crippen molar-refractivity contribution in [1.29, 1.82) is 0 Å². The van der Waals surface area contributed by atoms with E-state index in [4.69, 9.17) is 9.37 Å². The third-order valence-electron chi connectivity index (χ3n) is 4.29. The molecule has 3 rings (SSSR count). The van der Waals surface area contributed by atoms with Gasteiger partial charge in [0.25, 0.3) is 0 Å². The molecule has 0 aliphatic carbocycles. The van der Waals surface area contributed by atoms with Crippen molar-refractivity contribution in [3.63, 3.8) is 0 Å². The van der Waals surface area contributed by atoms with Crippen LogP contribution in [-0.4, -0.2) is 34.9 Å². The SMILES string of the molecule is Cc1ccccc1OC[C@@H]1CCCN(Cc2nonc2C)C1. The zero-order chi connectivity index (χ0) is 15.4. The predicted octanol–water partition coefficient (Wildman–Crippen LogP) is 2.98. The van der Waals surface area contributed by atoms with Gasteiger partial charge in [0.2, 0.25) is 0 Å². The molecule has 118 valence electrons. The van der Waals surface area contributed by atoms with E-state index in [2.05, 4.69) is 28.2 Å². The van der Waals surface area contributed by atoms with Crippen LogP contribution in [0.25, 0.3) is 0 Å². The Balaban J connectivity index is 1.52. The summed E-state index contributed by atoms with van der Waals surface area (Å²) in [7, 11) is 0. The smallest absolute Gasteiger partial charge is 0.122 e. The zero-order valence-corrected chi connectivity index (χ0v) is 13.3. The van der Waals surface area contributed by atoms with Gasteiger partial charge in [-0.25, -0.2) is 4.63 Å². The fraction of sp³-hybridized carbons (Fsp3) is 0.529. The van der Waals surface area contributed by atoms with Gasteiger partial charge in [0.05, 0.1) is 6.61 Å². The van der Waals surface area contributed by atoms with Crippen LogP contribution in [0.1, 0.15) is 29.8 Å². The summed E-state index contributed by atoms with van der Waals surface area (Å²) >= 11 is 0. The van der Waals surface area contributed by atoms with Crippen molar-refractivity contribution in [2.45, 2.75) is 33.2 Å². The summed E-state index contributed by atoms with van der Waals surface area (Å²) in [6.45, 7) is 7.76. The minimum Gasteiger partial charge on any atom is -0.493 e. The van der Waals surface area contributed by atoms with E-state index in [1.54, 1.807) is 0 Å². The van der Waals surface area contributed by atoms with Crippen molar-refractivity contribution >= 4 is 0 Å². The lowest BCUT2D eigenvalue weighted by Gasteiger charge is -2.32. The molecule has 0 unspecified atom stereocenters. The van der Waals surface area contributed by atoms with Crippen LogP contribution < -0.4 is 4.74 Å². The Bertz CT molecular complexity index is 611. The van der Waals surface area contributed by atoms with Crippen molar-refractivity contribution in [2.75, 3.05) is 19.7 Å². The number of aryl methyl sites for hydroxylation is 2. The van der Waals surface area contributed by atoms with E-state index < -0.39 is 0 Å². The van der Waals surface area contributed by atoms with Crippen LogP contribution in [0.5, 0.6) is 5.75 Å². The molecule has 1 fully saturated rings. The molecule has 1 aliphatic rings. The molecule has 1 aromatic heterocycles. The number of likely N-dealkylation sites (tertiary alicyclic amines) is 1. The molecule has 5 nitrogen and oxygen atoms in total. The van der Waals surface area contributed by atoms with E-state index in [9.17, 15) is 0 Å². The van der Waals surface area contributed by atoms with Gasteiger partial charge in [-0.15, -0.1) is 0 Å². The molecular formula is C17H23N3O2. The summed E-state index contributed by atoms with van der Waals surface area (Å²) < 4.78 is 10.8. The molecule has 0 amide bonds. The van der Waals surface area contributed by atoms with Gasteiger partial charge in [0.1, 0.15) is 17.1 Å². The van der Waals surface area contributed by atoms with E-state index in [0.717, 1.165) is 43.4 Å². The van der Waals surface area contributed by atoms with Gasteiger partial charge < -0.3 is 4.74 Å². The molecule has 1 saturated heterocycles. The van der Waals surface area contributed by atoms with Crippen LogP contribution in [0.2, 0.25) is 0 Å². The molecule has 0 spiro atoms. The normalized spacial score (nSPS) is 19.3. The number of benzene rings is 1. The molecule has 0 saturated carbocycles. The highest BCUT2D eigenvalue weighted by molar-refractivity contribution is 5.31. The number of nitrogens with zero attached hydrogens (tertiary/aromatic N) is 3. The predicted molar refractivity (Wildman–Crippen MR) is 83.7 cm³/mol. The average Bonchev–Trinajstić information content (AvgIpc) is 2.92.